The third-order valence-corrected chi connectivity index (χ3v) is 3.41. The minimum absolute atomic E-state index is 0.193. The van der Waals surface area contributed by atoms with Gasteiger partial charge in [-0.25, -0.2) is 4.98 Å². The number of carbonyl (C=O) groups excluding carboxylic acids is 1. The van der Waals surface area contributed by atoms with Crippen molar-refractivity contribution in [3.63, 3.8) is 0 Å². The van der Waals surface area contributed by atoms with Gasteiger partial charge in [-0.2, -0.15) is 0 Å². The number of fused-ring (bicyclic) bond motifs is 1. The van der Waals surface area contributed by atoms with Crippen molar-refractivity contribution in [2.45, 2.75) is 46.1 Å². The minimum Gasteiger partial charge on any atom is -0.381 e. The SMILES string of the molecule is CCCOCCC(=O)Cc1nc2ccccc2n1CCC. The van der Waals surface area contributed by atoms with Gasteiger partial charge in [0.1, 0.15) is 11.6 Å². The lowest BCUT2D eigenvalue weighted by molar-refractivity contribution is -0.119. The number of aryl methyl sites for hydroxylation is 1. The number of ether oxygens (including phenoxy) is 1. The molecule has 1 aromatic heterocycles. The van der Waals surface area contributed by atoms with Gasteiger partial charge in [0.2, 0.25) is 0 Å². The van der Waals surface area contributed by atoms with E-state index in [1.807, 2.05) is 18.2 Å². The van der Waals surface area contributed by atoms with Gasteiger partial charge in [-0.15, -0.1) is 0 Å². The number of ketones is 1. The normalized spacial score (nSPS) is 11.1. The zero-order valence-electron chi connectivity index (χ0n) is 13.0. The number of para-hydroxylation sites is 2. The lowest BCUT2D eigenvalue weighted by Crippen LogP contribution is -2.12. The van der Waals surface area contributed by atoms with Gasteiger partial charge in [-0.1, -0.05) is 26.0 Å². The molecule has 0 bridgehead atoms. The molecule has 0 saturated carbocycles. The molecule has 4 nitrogen and oxygen atoms in total. The molecular formula is C17H24N2O2. The number of Topliss-reactive ketones (excluding diaryl/α,β-unsaturated/α-hetero) is 1. The molecule has 0 unspecified atom stereocenters. The first-order valence-corrected chi connectivity index (χ1v) is 7.79. The number of hydrogen-bond acceptors (Lipinski definition) is 3. The van der Waals surface area contributed by atoms with E-state index < -0.39 is 0 Å². The Morgan fingerprint density at radius 1 is 1.19 bits per heavy atom. The van der Waals surface area contributed by atoms with Gasteiger partial charge >= 0.3 is 0 Å². The Morgan fingerprint density at radius 3 is 2.76 bits per heavy atom. The van der Waals surface area contributed by atoms with E-state index >= 15 is 0 Å². The van der Waals surface area contributed by atoms with E-state index in [1.165, 1.54) is 0 Å². The average Bonchev–Trinajstić information content (AvgIpc) is 2.82. The summed E-state index contributed by atoms with van der Waals surface area (Å²) >= 11 is 0. The maximum atomic E-state index is 12.1. The summed E-state index contributed by atoms with van der Waals surface area (Å²) in [5, 5.41) is 0. The molecule has 4 heteroatoms. The van der Waals surface area contributed by atoms with Crippen LogP contribution in [-0.4, -0.2) is 28.5 Å². The molecule has 1 heterocycles. The van der Waals surface area contributed by atoms with E-state index in [0.29, 0.717) is 19.4 Å². The molecule has 1 aromatic carbocycles. The minimum atomic E-state index is 0.193. The molecule has 0 radical (unpaired) electrons. The fourth-order valence-electron chi connectivity index (χ4n) is 2.43. The molecule has 0 aliphatic carbocycles. The quantitative estimate of drug-likeness (QED) is 0.664. The zero-order chi connectivity index (χ0) is 15.1. The molecule has 114 valence electrons. The highest BCUT2D eigenvalue weighted by Gasteiger charge is 2.13. The molecule has 0 spiro atoms. The Balaban J connectivity index is 2.06. The lowest BCUT2D eigenvalue weighted by Gasteiger charge is -2.07. The molecule has 0 aliphatic rings. The first-order valence-electron chi connectivity index (χ1n) is 7.79. The van der Waals surface area contributed by atoms with Crippen molar-refractivity contribution in [3.05, 3.63) is 30.1 Å². The number of benzene rings is 1. The van der Waals surface area contributed by atoms with E-state index in [-0.39, 0.29) is 5.78 Å². The maximum absolute atomic E-state index is 12.1. The van der Waals surface area contributed by atoms with Crippen LogP contribution < -0.4 is 0 Å². The molecule has 0 fully saturated rings. The van der Waals surface area contributed by atoms with Crippen LogP contribution in [0.3, 0.4) is 0 Å². The average molecular weight is 288 g/mol. The molecule has 0 saturated heterocycles. The van der Waals surface area contributed by atoms with Crippen LogP contribution in [0.5, 0.6) is 0 Å². The van der Waals surface area contributed by atoms with E-state index in [2.05, 4.69) is 29.5 Å². The van der Waals surface area contributed by atoms with Crippen molar-refractivity contribution in [3.8, 4) is 0 Å². The second-order valence-electron chi connectivity index (χ2n) is 5.25. The van der Waals surface area contributed by atoms with Gasteiger partial charge in [0.05, 0.1) is 24.1 Å². The Bertz CT molecular complexity index is 589. The van der Waals surface area contributed by atoms with Crippen molar-refractivity contribution in [2.24, 2.45) is 0 Å². The number of hydrogen-bond donors (Lipinski definition) is 0. The largest absolute Gasteiger partial charge is 0.381 e. The van der Waals surface area contributed by atoms with Crippen molar-refractivity contribution >= 4 is 16.8 Å². The maximum Gasteiger partial charge on any atom is 0.142 e. The molecule has 2 rings (SSSR count). The fraction of sp³-hybridized carbons (Fsp3) is 0.529. The van der Waals surface area contributed by atoms with Crippen LogP contribution in [0.25, 0.3) is 11.0 Å². The van der Waals surface area contributed by atoms with Gasteiger partial charge in [-0.3, -0.25) is 4.79 Å². The van der Waals surface area contributed by atoms with Crippen LogP contribution in [0.2, 0.25) is 0 Å². The molecule has 21 heavy (non-hydrogen) atoms. The van der Waals surface area contributed by atoms with Gasteiger partial charge in [0.15, 0.2) is 0 Å². The summed E-state index contributed by atoms with van der Waals surface area (Å²) in [4.78, 5) is 16.7. The highest BCUT2D eigenvalue weighted by molar-refractivity contribution is 5.82. The number of carbonyl (C=O) groups is 1. The summed E-state index contributed by atoms with van der Waals surface area (Å²) in [5.74, 6) is 1.07. The topological polar surface area (TPSA) is 44.1 Å². The Kier molecular flexibility index (Phi) is 5.93. The fourth-order valence-corrected chi connectivity index (χ4v) is 2.43. The predicted molar refractivity (Wildman–Crippen MR) is 84.5 cm³/mol. The Hall–Kier alpha value is -1.68. The molecule has 0 N–H and O–H groups in total. The summed E-state index contributed by atoms with van der Waals surface area (Å²) in [6.45, 7) is 6.34. The molecule has 0 amide bonds. The van der Waals surface area contributed by atoms with Gasteiger partial charge < -0.3 is 9.30 Å². The molecule has 2 aromatic rings. The first-order chi connectivity index (χ1) is 10.3. The number of imidazole rings is 1. The summed E-state index contributed by atoms with van der Waals surface area (Å²) in [6, 6.07) is 8.06. The number of aromatic nitrogens is 2. The molecular weight excluding hydrogens is 264 g/mol. The van der Waals surface area contributed by atoms with E-state index in [9.17, 15) is 4.79 Å². The summed E-state index contributed by atoms with van der Waals surface area (Å²) in [6.07, 6.45) is 2.88. The van der Waals surface area contributed by atoms with Crippen molar-refractivity contribution in [2.75, 3.05) is 13.2 Å². The Morgan fingerprint density at radius 2 is 2.00 bits per heavy atom. The number of rotatable bonds is 9. The second-order valence-corrected chi connectivity index (χ2v) is 5.25. The van der Waals surface area contributed by atoms with Crippen LogP contribution in [0.15, 0.2) is 24.3 Å². The summed E-state index contributed by atoms with van der Waals surface area (Å²) in [7, 11) is 0. The van der Waals surface area contributed by atoms with Crippen molar-refractivity contribution in [1.29, 1.82) is 0 Å². The van der Waals surface area contributed by atoms with Gasteiger partial charge in [0.25, 0.3) is 0 Å². The predicted octanol–water partition coefficient (Wildman–Crippen LogP) is 3.37. The summed E-state index contributed by atoms with van der Waals surface area (Å²) < 4.78 is 7.55. The van der Waals surface area contributed by atoms with E-state index in [0.717, 1.165) is 42.9 Å². The van der Waals surface area contributed by atoms with E-state index in [1.54, 1.807) is 0 Å². The number of nitrogens with zero attached hydrogens (tertiary/aromatic N) is 2. The zero-order valence-corrected chi connectivity index (χ0v) is 13.0. The van der Waals surface area contributed by atoms with Crippen LogP contribution >= 0.6 is 0 Å². The van der Waals surface area contributed by atoms with E-state index in [4.69, 9.17) is 4.74 Å². The highest BCUT2D eigenvalue weighted by atomic mass is 16.5. The lowest BCUT2D eigenvalue weighted by atomic mass is 10.2. The van der Waals surface area contributed by atoms with Crippen LogP contribution in [0, 0.1) is 0 Å². The third-order valence-electron chi connectivity index (χ3n) is 3.41. The molecule has 0 atom stereocenters. The van der Waals surface area contributed by atoms with Gasteiger partial charge in [0, 0.05) is 19.6 Å². The summed E-state index contributed by atoms with van der Waals surface area (Å²) in [5.41, 5.74) is 2.08. The smallest absolute Gasteiger partial charge is 0.142 e. The standard InChI is InChI=1S/C17H24N2O2/c1-3-10-19-16-8-6-5-7-15(16)18-17(19)13-14(20)9-12-21-11-4-2/h5-8H,3-4,9-13H2,1-2H3. The van der Waals surface area contributed by atoms with Crippen LogP contribution in [0.4, 0.5) is 0 Å². The first kappa shape index (κ1) is 15.7. The van der Waals surface area contributed by atoms with Crippen LogP contribution in [-0.2, 0) is 22.5 Å². The monoisotopic (exact) mass is 288 g/mol. The molecule has 0 aliphatic heterocycles. The second kappa shape index (κ2) is 7.93. The third kappa shape index (κ3) is 4.14. The Labute approximate surface area is 126 Å². The van der Waals surface area contributed by atoms with Crippen LogP contribution in [0.1, 0.15) is 38.9 Å². The van der Waals surface area contributed by atoms with Gasteiger partial charge in [-0.05, 0) is 25.0 Å². The van der Waals surface area contributed by atoms with Crippen molar-refractivity contribution < 1.29 is 9.53 Å². The van der Waals surface area contributed by atoms with Crippen molar-refractivity contribution in [1.82, 2.24) is 9.55 Å². The highest BCUT2D eigenvalue weighted by Crippen LogP contribution is 2.17.